The van der Waals surface area contributed by atoms with Gasteiger partial charge in [0.25, 0.3) is 5.91 Å². The van der Waals surface area contributed by atoms with Gasteiger partial charge in [-0.15, -0.1) is 0 Å². The molecule has 6 heteroatoms. The lowest BCUT2D eigenvalue weighted by Crippen LogP contribution is -2.40. The van der Waals surface area contributed by atoms with Crippen LogP contribution in [0.15, 0.2) is 21.2 Å². The second-order valence-electron chi connectivity index (χ2n) is 4.03. The molecule has 1 aromatic heterocycles. The zero-order valence-corrected chi connectivity index (χ0v) is 12.2. The lowest BCUT2D eigenvalue weighted by Gasteiger charge is -2.22. The fraction of sp³-hybridized carbons (Fsp3) is 0.545. The molecular formula is C11H16BrNO3S. The van der Waals surface area contributed by atoms with Gasteiger partial charge in [0.05, 0.1) is 5.60 Å². The molecule has 0 aliphatic heterocycles. The quantitative estimate of drug-likeness (QED) is 0.843. The van der Waals surface area contributed by atoms with E-state index >= 15 is 0 Å². The van der Waals surface area contributed by atoms with Crippen LogP contribution >= 0.6 is 27.7 Å². The van der Waals surface area contributed by atoms with Gasteiger partial charge in [-0.25, -0.2) is 0 Å². The van der Waals surface area contributed by atoms with Gasteiger partial charge in [-0.1, -0.05) is 0 Å². The van der Waals surface area contributed by atoms with E-state index in [1.165, 1.54) is 0 Å². The van der Waals surface area contributed by atoms with Crippen molar-refractivity contribution in [1.29, 1.82) is 0 Å². The van der Waals surface area contributed by atoms with Crippen LogP contribution in [0.1, 0.15) is 23.9 Å². The molecular weight excluding hydrogens is 306 g/mol. The van der Waals surface area contributed by atoms with Crippen molar-refractivity contribution < 1.29 is 14.3 Å². The second kappa shape index (κ2) is 6.47. The average molecular weight is 322 g/mol. The van der Waals surface area contributed by atoms with Gasteiger partial charge in [0.15, 0.2) is 10.4 Å². The molecule has 1 heterocycles. The molecule has 0 aliphatic carbocycles. The first-order valence-corrected chi connectivity index (χ1v) is 7.38. The molecule has 1 aromatic rings. The molecule has 1 rings (SSSR count). The lowest BCUT2D eigenvalue weighted by molar-refractivity contribution is 0.0520. The Kier molecular flexibility index (Phi) is 5.55. The highest BCUT2D eigenvalue weighted by molar-refractivity contribution is 9.10. The molecule has 0 unspecified atom stereocenters. The number of hydrogen-bond acceptors (Lipinski definition) is 4. The van der Waals surface area contributed by atoms with Gasteiger partial charge in [-0.05, 0) is 53.4 Å². The molecule has 1 atom stereocenters. The van der Waals surface area contributed by atoms with Crippen molar-refractivity contribution in [3.8, 4) is 0 Å². The van der Waals surface area contributed by atoms with Gasteiger partial charge in [0.2, 0.25) is 0 Å². The van der Waals surface area contributed by atoms with E-state index in [2.05, 4.69) is 21.2 Å². The number of thioether (sulfide) groups is 1. The summed E-state index contributed by atoms with van der Waals surface area (Å²) < 4.78 is 5.62. The normalized spacial score (nSPS) is 14.4. The van der Waals surface area contributed by atoms with Crippen molar-refractivity contribution in [2.75, 3.05) is 18.6 Å². The van der Waals surface area contributed by atoms with Crippen molar-refractivity contribution in [2.24, 2.45) is 0 Å². The summed E-state index contributed by atoms with van der Waals surface area (Å²) in [5.74, 6) is 0.771. The molecule has 0 saturated heterocycles. The van der Waals surface area contributed by atoms with Crippen molar-refractivity contribution in [3.63, 3.8) is 0 Å². The monoisotopic (exact) mass is 321 g/mol. The third-order valence-corrected chi connectivity index (χ3v) is 3.31. The first kappa shape index (κ1) is 14.6. The summed E-state index contributed by atoms with van der Waals surface area (Å²) >= 11 is 4.79. The largest absolute Gasteiger partial charge is 0.444 e. The summed E-state index contributed by atoms with van der Waals surface area (Å²) in [5, 5.41) is 12.6. The molecule has 17 heavy (non-hydrogen) atoms. The minimum absolute atomic E-state index is 0.213. The zero-order chi connectivity index (χ0) is 12.9. The van der Waals surface area contributed by atoms with Crippen molar-refractivity contribution in [3.05, 3.63) is 22.6 Å². The standard InChI is InChI=1S/C11H16BrNO3S/c1-11(15,5-6-17-2)7-13-10(14)8-3-4-9(12)16-8/h3-4,15H,5-7H2,1-2H3,(H,13,14)/t11-/m1/s1. The maximum absolute atomic E-state index is 11.6. The van der Waals surface area contributed by atoms with E-state index < -0.39 is 5.60 Å². The Morgan fingerprint density at radius 1 is 1.65 bits per heavy atom. The molecule has 4 nitrogen and oxygen atoms in total. The van der Waals surface area contributed by atoms with E-state index in [0.29, 0.717) is 11.1 Å². The molecule has 0 radical (unpaired) electrons. The maximum Gasteiger partial charge on any atom is 0.287 e. The zero-order valence-electron chi connectivity index (χ0n) is 9.83. The van der Waals surface area contributed by atoms with Gasteiger partial charge in [-0.3, -0.25) is 4.79 Å². The highest BCUT2D eigenvalue weighted by Gasteiger charge is 2.21. The van der Waals surface area contributed by atoms with Crippen molar-refractivity contribution in [1.82, 2.24) is 5.32 Å². The SMILES string of the molecule is CSCC[C@@](C)(O)CNC(=O)c1ccc(Br)o1. The first-order chi connectivity index (χ1) is 7.94. The van der Waals surface area contributed by atoms with E-state index in [-0.39, 0.29) is 18.2 Å². The summed E-state index contributed by atoms with van der Waals surface area (Å²) in [4.78, 5) is 11.6. The van der Waals surface area contributed by atoms with Crippen molar-refractivity contribution >= 4 is 33.6 Å². The summed E-state index contributed by atoms with van der Waals surface area (Å²) in [6, 6.07) is 3.23. The number of carbonyl (C=O) groups is 1. The van der Waals surface area contributed by atoms with Crippen LogP contribution in [0, 0.1) is 0 Å². The molecule has 96 valence electrons. The molecule has 0 bridgehead atoms. The number of aliphatic hydroxyl groups is 1. The third-order valence-electron chi connectivity index (χ3n) is 2.27. The first-order valence-electron chi connectivity index (χ1n) is 5.19. The maximum atomic E-state index is 11.6. The molecule has 0 saturated carbocycles. The topological polar surface area (TPSA) is 62.5 Å². The van der Waals surface area contributed by atoms with E-state index in [4.69, 9.17) is 4.42 Å². The fourth-order valence-corrected chi connectivity index (χ4v) is 2.15. The Hall–Kier alpha value is -0.460. The molecule has 0 spiro atoms. The number of hydrogen-bond donors (Lipinski definition) is 2. The van der Waals surface area contributed by atoms with Crippen LogP contribution in [0.2, 0.25) is 0 Å². The predicted molar refractivity (Wildman–Crippen MR) is 72.4 cm³/mol. The summed E-state index contributed by atoms with van der Waals surface area (Å²) in [7, 11) is 0. The average Bonchev–Trinajstić information content (AvgIpc) is 2.70. The van der Waals surface area contributed by atoms with E-state index in [1.54, 1.807) is 30.8 Å². The lowest BCUT2D eigenvalue weighted by atomic mass is 10.0. The van der Waals surface area contributed by atoms with Crippen LogP contribution < -0.4 is 5.32 Å². The van der Waals surface area contributed by atoms with Gasteiger partial charge in [-0.2, -0.15) is 11.8 Å². The molecule has 0 aromatic carbocycles. The number of nitrogens with one attached hydrogen (secondary N) is 1. The Morgan fingerprint density at radius 3 is 2.88 bits per heavy atom. The van der Waals surface area contributed by atoms with Gasteiger partial charge in [0, 0.05) is 6.54 Å². The minimum Gasteiger partial charge on any atom is -0.444 e. The Balaban J connectivity index is 2.42. The van der Waals surface area contributed by atoms with Gasteiger partial charge < -0.3 is 14.8 Å². The Bertz CT molecular complexity index is 379. The molecule has 0 fully saturated rings. The van der Waals surface area contributed by atoms with Crippen LogP contribution in [0.3, 0.4) is 0 Å². The smallest absolute Gasteiger partial charge is 0.287 e. The summed E-state index contributed by atoms with van der Waals surface area (Å²) in [5.41, 5.74) is -0.886. The van der Waals surface area contributed by atoms with E-state index in [0.717, 1.165) is 5.75 Å². The Labute approximate surface area is 113 Å². The summed E-state index contributed by atoms with van der Waals surface area (Å²) in [6.45, 7) is 1.92. The highest BCUT2D eigenvalue weighted by atomic mass is 79.9. The summed E-state index contributed by atoms with van der Waals surface area (Å²) in [6.07, 6.45) is 2.62. The Morgan fingerprint density at radius 2 is 2.35 bits per heavy atom. The van der Waals surface area contributed by atoms with Crippen LogP contribution in [0.4, 0.5) is 0 Å². The highest BCUT2D eigenvalue weighted by Crippen LogP contribution is 2.15. The molecule has 0 aliphatic rings. The molecule has 1 amide bonds. The van der Waals surface area contributed by atoms with E-state index in [1.807, 2.05) is 6.26 Å². The van der Waals surface area contributed by atoms with Crippen LogP contribution in [-0.4, -0.2) is 35.2 Å². The number of rotatable bonds is 6. The van der Waals surface area contributed by atoms with Crippen LogP contribution in [-0.2, 0) is 0 Å². The second-order valence-corrected chi connectivity index (χ2v) is 5.79. The third kappa shape index (κ3) is 5.14. The number of carbonyl (C=O) groups excluding carboxylic acids is 1. The number of halogens is 1. The predicted octanol–water partition coefficient (Wildman–Crippen LogP) is 2.28. The van der Waals surface area contributed by atoms with Gasteiger partial charge in [0.1, 0.15) is 0 Å². The van der Waals surface area contributed by atoms with Crippen molar-refractivity contribution in [2.45, 2.75) is 18.9 Å². The number of amides is 1. The minimum atomic E-state index is -0.886. The van der Waals surface area contributed by atoms with Gasteiger partial charge >= 0.3 is 0 Å². The fourth-order valence-electron chi connectivity index (χ4n) is 1.20. The number of furan rings is 1. The molecule has 2 N–H and O–H groups in total. The van der Waals surface area contributed by atoms with Crippen LogP contribution in [0.25, 0.3) is 0 Å². The van der Waals surface area contributed by atoms with Crippen LogP contribution in [0.5, 0.6) is 0 Å². The van der Waals surface area contributed by atoms with E-state index in [9.17, 15) is 9.90 Å².